The van der Waals surface area contributed by atoms with Crippen LogP contribution in [0.4, 0.5) is 0 Å². The number of H-pyrrole nitrogens is 1. The molecule has 0 radical (unpaired) electrons. The Kier molecular flexibility index (Phi) is 3.53. The summed E-state index contributed by atoms with van der Waals surface area (Å²) in [7, 11) is 0. The summed E-state index contributed by atoms with van der Waals surface area (Å²) in [6, 6.07) is 1.91. The molecule has 0 bridgehead atoms. The van der Waals surface area contributed by atoms with Crippen molar-refractivity contribution in [3.05, 3.63) is 32.9 Å². The molecule has 0 aromatic carbocycles. The summed E-state index contributed by atoms with van der Waals surface area (Å²) in [5.74, 6) is -1.11. The lowest BCUT2D eigenvalue weighted by molar-refractivity contribution is -0.137. The van der Waals surface area contributed by atoms with E-state index in [0.717, 1.165) is 5.56 Å². The molecular formula is C11H12N2O3S2. The highest BCUT2D eigenvalue weighted by Crippen LogP contribution is 2.36. The van der Waals surface area contributed by atoms with Crippen LogP contribution < -0.4 is 0 Å². The molecule has 0 fully saturated rings. The Hall–Kier alpha value is -1.60. The number of nitrogens with zero attached hydrogens (tertiary/aromatic N) is 1. The minimum atomic E-state index is -1.03. The van der Waals surface area contributed by atoms with Crippen LogP contribution >= 0.6 is 23.6 Å². The van der Waals surface area contributed by atoms with Gasteiger partial charge in [0.1, 0.15) is 6.54 Å². The van der Waals surface area contributed by atoms with E-state index in [9.17, 15) is 9.90 Å². The highest BCUT2D eigenvalue weighted by atomic mass is 32.1. The van der Waals surface area contributed by atoms with Crippen LogP contribution in [-0.2, 0) is 11.3 Å². The first-order valence-electron chi connectivity index (χ1n) is 5.27. The number of aromatic nitrogens is 2. The van der Waals surface area contributed by atoms with Crippen LogP contribution in [0.2, 0.25) is 0 Å². The molecule has 18 heavy (non-hydrogen) atoms. The molecule has 0 aliphatic heterocycles. The van der Waals surface area contributed by atoms with Crippen LogP contribution in [0, 0.1) is 3.95 Å². The molecule has 1 unspecified atom stereocenters. The number of carbonyl (C=O) groups is 1. The highest BCUT2D eigenvalue weighted by Gasteiger charge is 2.20. The number of aromatic amines is 1. The number of carboxylic acid groups (broad SMARTS) is 1. The van der Waals surface area contributed by atoms with Gasteiger partial charge in [-0.2, -0.15) is 0 Å². The van der Waals surface area contributed by atoms with E-state index in [-0.39, 0.29) is 18.3 Å². The van der Waals surface area contributed by atoms with Gasteiger partial charge in [0.2, 0.25) is 5.88 Å². The van der Waals surface area contributed by atoms with Gasteiger partial charge >= 0.3 is 5.97 Å². The molecule has 2 aromatic rings. The van der Waals surface area contributed by atoms with Crippen molar-refractivity contribution >= 4 is 29.5 Å². The van der Waals surface area contributed by atoms with Crippen molar-refractivity contribution in [1.82, 2.24) is 9.55 Å². The third-order valence-electron chi connectivity index (χ3n) is 2.70. The summed E-state index contributed by atoms with van der Waals surface area (Å²) in [5.41, 5.74) is 1.02. The summed E-state index contributed by atoms with van der Waals surface area (Å²) >= 11 is 6.32. The van der Waals surface area contributed by atoms with Crippen molar-refractivity contribution in [2.45, 2.75) is 19.4 Å². The van der Waals surface area contributed by atoms with Gasteiger partial charge in [0.15, 0.2) is 3.95 Å². The van der Waals surface area contributed by atoms with E-state index < -0.39 is 5.97 Å². The Morgan fingerprint density at radius 1 is 1.67 bits per heavy atom. The predicted octanol–water partition coefficient (Wildman–Crippen LogP) is 2.55. The molecular weight excluding hydrogens is 272 g/mol. The van der Waals surface area contributed by atoms with E-state index in [0.29, 0.717) is 8.83 Å². The van der Waals surface area contributed by atoms with Crippen molar-refractivity contribution in [1.29, 1.82) is 0 Å². The maximum Gasteiger partial charge on any atom is 0.323 e. The highest BCUT2D eigenvalue weighted by molar-refractivity contribution is 7.73. The smallest absolute Gasteiger partial charge is 0.323 e. The lowest BCUT2D eigenvalue weighted by Crippen LogP contribution is -2.08. The molecule has 2 heterocycles. The van der Waals surface area contributed by atoms with Gasteiger partial charge in [-0.1, -0.05) is 6.92 Å². The minimum absolute atomic E-state index is 0.0296. The zero-order chi connectivity index (χ0) is 13.3. The Morgan fingerprint density at radius 2 is 2.39 bits per heavy atom. The fourth-order valence-corrected chi connectivity index (χ4v) is 3.11. The van der Waals surface area contributed by atoms with Gasteiger partial charge in [0.05, 0.1) is 4.88 Å². The number of carboxylic acids is 1. The third kappa shape index (κ3) is 2.32. The normalized spacial score (nSPS) is 12.5. The first-order chi connectivity index (χ1) is 8.50. The van der Waals surface area contributed by atoms with Crippen LogP contribution in [0.1, 0.15) is 23.3 Å². The van der Waals surface area contributed by atoms with E-state index in [2.05, 4.69) is 4.98 Å². The van der Waals surface area contributed by atoms with Crippen LogP contribution in [0.15, 0.2) is 18.5 Å². The fourth-order valence-electron chi connectivity index (χ4n) is 1.73. The van der Waals surface area contributed by atoms with Crippen LogP contribution in [0.5, 0.6) is 5.88 Å². The SMILES string of the molecule is CC(c1cc[nH]c1)c1sc(=S)n(CC(=O)O)c1O. The zero-order valence-corrected chi connectivity index (χ0v) is 11.2. The Morgan fingerprint density at radius 3 is 2.94 bits per heavy atom. The van der Waals surface area contributed by atoms with Gasteiger partial charge in [-0.05, 0) is 23.8 Å². The summed E-state index contributed by atoms with van der Waals surface area (Å²) in [4.78, 5) is 14.3. The van der Waals surface area contributed by atoms with Gasteiger partial charge in [0.25, 0.3) is 0 Å². The number of hydrogen-bond donors (Lipinski definition) is 3. The molecule has 7 heteroatoms. The molecule has 1 atom stereocenters. The topological polar surface area (TPSA) is 78.2 Å². The van der Waals surface area contributed by atoms with E-state index in [1.165, 1.54) is 15.9 Å². The molecule has 0 amide bonds. The number of thiazole rings is 1. The van der Waals surface area contributed by atoms with Crippen molar-refractivity contribution in [2.75, 3.05) is 0 Å². The van der Waals surface area contributed by atoms with Gasteiger partial charge in [-0.3, -0.25) is 9.36 Å². The average Bonchev–Trinajstić information content (AvgIpc) is 2.91. The van der Waals surface area contributed by atoms with Crippen LogP contribution in [-0.4, -0.2) is 25.7 Å². The Labute approximate surface area is 112 Å². The first-order valence-corrected chi connectivity index (χ1v) is 6.50. The summed E-state index contributed by atoms with van der Waals surface area (Å²) in [6.07, 6.45) is 3.64. The van der Waals surface area contributed by atoms with E-state index in [1.54, 1.807) is 6.20 Å². The number of hydrogen-bond acceptors (Lipinski definition) is 4. The molecule has 0 saturated heterocycles. The molecule has 2 rings (SSSR count). The van der Waals surface area contributed by atoms with Gasteiger partial charge < -0.3 is 15.2 Å². The average molecular weight is 284 g/mol. The van der Waals surface area contributed by atoms with Crippen molar-refractivity contribution in [3.63, 3.8) is 0 Å². The quantitative estimate of drug-likeness (QED) is 0.754. The second kappa shape index (κ2) is 4.95. The third-order valence-corrected chi connectivity index (χ3v) is 4.32. The second-order valence-corrected chi connectivity index (χ2v) is 5.58. The lowest BCUT2D eigenvalue weighted by atomic mass is 10.0. The van der Waals surface area contributed by atoms with E-state index >= 15 is 0 Å². The van der Waals surface area contributed by atoms with Crippen molar-refractivity contribution in [3.8, 4) is 5.88 Å². The minimum Gasteiger partial charge on any atom is -0.494 e. The van der Waals surface area contributed by atoms with Gasteiger partial charge in [-0.25, -0.2) is 0 Å². The van der Waals surface area contributed by atoms with Crippen molar-refractivity contribution in [2.24, 2.45) is 0 Å². The zero-order valence-electron chi connectivity index (χ0n) is 9.58. The molecule has 0 saturated carbocycles. The van der Waals surface area contributed by atoms with Crippen LogP contribution in [0.3, 0.4) is 0 Å². The maximum absolute atomic E-state index is 10.7. The fraction of sp³-hybridized carbons (Fsp3) is 0.273. The van der Waals surface area contributed by atoms with E-state index in [4.69, 9.17) is 17.3 Å². The van der Waals surface area contributed by atoms with E-state index in [1.807, 2.05) is 19.2 Å². The number of aromatic hydroxyl groups is 1. The van der Waals surface area contributed by atoms with Crippen LogP contribution in [0.25, 0.3) is 0 Å². The summed E-state index contributed by atoms with van der Waals surface area (Å²) in [6.45, 7) is 1.62. The van der Waals surface area contributed by atoms with Gasteiger partial charge in [-0.15, -0.1) is 11.3 Å². The maximum atomic E-state index is 10.7. The number of rotatable bonds is 4. The van der Waals surface area contributed by atoms with Gasteiger partial charge in [0, 0.05) is 18.3 Å². The number of nitrogens with one attached hydrogen (secondary N) is 1. The summed E-state index contributed by atoms with van der Waals surface area (Å²) < 4.78 is 1.60. The summed E-state index contributed by atoms with van der Waals surface area (Å²) in [5, 5.41) is 18.8. The second-order valence-electron chi connectivity index (χ2n) is 3.90. The largest absolute Gasteiger partial charge is 0.494 e. The molecule has 5 nitrogen and oxygen atoms in total. The standard InChI is InChI=1S/C11H12N2O3S2/c1-6(7-2-3-12-4-7)9-10(16)13(5-8(14)15)11(17)18-9/h2-4,6,12,16H,5H2,1H3,(H,14,15). The molecule has 3 N–H and O–H groups in total. The molecule has 2 aromatic heterocycles. The molecule has 0 aliphatic carbocycles. The monoisotopic (exact) mass is 284 g/mol. The Balaban J connectivity index is 2.41. The molecule has 96 valence electrons. The predicted molar refractivity (Wildman–Crippen MR) is 70.8 cm³/mol. The molecule has 0 aliphatic rings. The first kappa shape index (κ1) is 12.8. The number of aliphatic carboxylic acids is 1. The lowest BCUT2D eigenvalue weighted by Gasteiger charge is -2.08. The Bertz CT molecular complexity index is 613. The molecule has 0 spiro atoms. The van der Waals surface area contributed by atoms with Crippen molar-refractivity contribution < 1.29 is 15.0 Å².